The fourth-order valence-electron chi connectivity index (χ4n) is 1.45. The van der Waals surface area contributed by atoms with Crippen molar-refractivity contribution in [1.29, 1.82) is 0 Å². The summed E-state index contributed by atoms with van der Waals surface area (Å²) >= 11 is 5.74. The zero-order valence-corrected chi connectivity index (χ0v) is 11.0. The van der Waals surface area contributed by atoms with Crippen LogP contribution in [0.3, 0.4) is 0 Å². The van der Waals surface area contributed by atoms with Gasteiger partial charge in [0.15, 0.2) is 6.61 Å². The van der Waals surface area contributed by atoms with Crippen molar-refractivity contribution in [2.24, 2.45) is 0 Å². The van der Waals surface area contributed by atoms with E-state index < -0.39 is 5.97 Å². The molecule has 3 nitrogen and oxygen atoms in total. The topological polar surface area (TPSA) is 35.5 Å². The predicted molar refractivity (Wildman–Crippen MR) is 73.2 cm³/mol. The molecule has 4 heteroatoms. The molecular weight excluding hydrogens is 264 g/mol. The molecule has 0 fully saturated rings. The van der Waals surface area contributed by atoms with Gasteiger partial charge in [-0.1, -0.05) is 41.9 Å². The molecule has 0 spiro atoms. The van der Waals surface area contributed by atoms with Crippen LogP contribution in [0, 0.1) is 0 Å². The van der Waals surface area contributed by atoms with Crippen molar-refractivity contribution in [2.45, 2.75) is 6.61 Å². The number of ether oxygens (including phenoxy) is 2. The minimum absolute atomic E-state index is 0.117. The Morgan fingerprint density at radius 3 is 2.37 bits per heavy atom. The highest BCUT2D eigenvalue weighted by Crippen LogP contribution is 2.15. The van der Waals surface area contributed by atoms with E-state index in [0.717, 1.165) is 5.56 Å². The molecule has 0 aromatic heterocycles. The third kappa shape index (κ3) is 4.64. The molecule has 0 aliphatic rings. The van der Waals surface area contributed by atoms with Crippen LogP contribution in [-0.4, -0.2) is 12.6 Å². The summed E-state index contributed by atoms with van der Waals surface area (Å²) in [7, 11) is 0. The number of halogens is 1. The van der Waals surface area contributed by atoms with Gasteiger partial charge in [0.1, 0.15) is 12.4 Å². The number of carbonyl (C=O) groups excluding carboxylic acids is 1. The quantitative estimate of drug-likeness (QED) is 0.785. The fraction of sp³-hybridized carbons (Fsp3) is 0.133. The molecule has 0 bridgehead atoms. The average molecular weight is 277 g/mol. The van der Waals surface area contributed by atoms with Gasteiger partial charge in [0.2, 0.25) is 0 Å². The van der Waals surface area contributed by atoms with E-state index in [1.54, 1.807) is 24.3 Å². The Bertz CT molecular complexity index is 523. The maximum absolute atomic E-state index is 11.5. The van der Waals surface area contributed by atoms with Gasteiger partial charge >= 0.3 is 5.97 Å². The van der Waals surface area contributed by atoms with Crippen LogP contribution in [-0.2, 0) is 16.1 Å². The lowest BCUT2D eigenvalue weighted by Gasteiger charge is -2.07. The van der Waals surface area contributed by atoms with E-state index in [2.05, 4.69) is 0 Å². The molecule has 19 heavy (non-hydrogen) atoms. The Balaban J connectivity index is 1.74. The summed E-state index contributed by atoms with van der Waals surface area (Å²) < 4.78 is 10.4. The molecule has 98 valence electrons. The second-order valence-corrected chi connectivity index (χ2v) is 4.33. The molecule has 0 saturated carbocycles. The smallest absolute Gasteiger partial charge is 0.344 e. The van der Waals surface area contributed by atoms with Crippen LogP contribution >= 0.6 is 11.6 Å². The summed E-state index contributed by atoms with van der Waals surface area (Å²) in [4.78, 5) is 11.5. The molecule has 0 aliphatic heterocycles. The molecule has 0 unspecified atom stereocenters. The van der Waals surface area contributed by atoms with Crippen molar-refractivity contribution in [1.82, 2.24) is 0 Å². The third-order valence-electron chi connectivity index (χ3n) is 2.41. The zero-order chi connectivity index (χ0) is 13.5. The minimum Gasteiger partial charge on any atom is -0.482 e. The minimum atomic E-state index is -0.404. The number of carbonyl (C=O) groups is 1. The molecule has 2 aromatic carbocycles. The molecule has 2 rings (SSSR count). The van der Waals surface area contributed by atoms with E-state index >= 15 is 0 Å². The first kappa shape index (κ1) is 13.4. The number of benzene rings is 2. The molecular formula is C15H13ClO3. The Kier molecular flexibility index (Phi) is 4.81. The second kappa shape index (κ2) is 6.81. The van der Waals surface area contributed by atoms with Gasteiger partial charge in [-0.05, 0) is 29.8 Å². The maximum atomic E-state index is 11.5. The van der Waals surface area contributed by atoms with Crippen molar-refractivity contribution in [3.63, 3.8) is 0 Å². The highest BCUT2D eigenvalue weighted by molar-refractivity contribution is 6.30. The maximum Gasteiger partial charge on any atom is 0.344 e. The molecule has 0 radical (unpaired) electrons. The largest absolute Gasteiger partial charge is 0.482 e. The van der Waals surface area contributed by atoms with Crippen molar-refractivity contribution in [2.75, 3.05) is 6.61 Å². The standard InChI is InChI=1S/C15H13ClO3/c16-13-6-8-14(9-7-13)18-11-15(17)19-10-12-4-2-1-3-5-12/h1-9H,10-11H2. The Morgan fingerprint density at radius 1 is 1.00 bits per heavy atom. The van der Waals surface area contributed by atoms with Crippen LogP contribution in [0.1, 0.15) is 5.56 Å². The number of esters is 1. The van der Waals surface area contributed by atoms with Crippen LogP contribution < -0.4 is 4.74 Å². The van der Waals surface area contributed by atoms with Gasteiger partial charge in [0, 0.05) is 5.02 Å². The Morgan fingerprint density at radius 2 is 1.68 bits per heavy atom. The summed E-state index contributed by atoms with van der Waals surface area (Å²) in [5.74, 6) is 0.180. The van der Waals surface area contributed by atoms with Crippen molar-refractivity contribution in [3.05, 3.63) is 65.2 Å². The van der Waals surface area contributed by atoms with Crippen LogP contribution in [0.5, 0.6) is 5.75 Å². The van der Waals surface area contributed by atoms with Gasteiger partial charge in [-0.15, -0.1) is 0 Å². The first-order valence-electron chi connectivity index (χ1n) is 5.82. The average Bonchev–Trinajstić information content (AvgIpc) is 2.45. The summed E-state index contributed by atoms with van der Waals surface area (Å²) in [5.41, 5.74) is 0.947. The summed E-state index contributed by atoms with van der Waals surface area (Å²) in [6.07, 6.45) is 0. The first-order valence-corrected chi connectivity index (χ1v) is 6.20. The zero-order valence-electron chi connectivity index (χ0n) is 10.2. The van der Waals surface area contributed by atoms with Crippen LogP contribution in [0.25, 0.3) is 0 Å². The van der Waals surface area contributed by atoms with Gasteiger partial charge < -0.3 is 9.47 Å². The molecule has 0 saturated heterocycles. The highest BCUT2D eigenvalue weighted by atomic mass is 35.5. The van der Waals surface area contributed by atoms with Gasteiger partial charge in [-0.3, -0.25) is 0 Å². The highest BCUT2D eigenvalue weighted by Gasteiger charge is 2.04. The fourth-order valence-corrected chi connectivity index (χ4v) is 1.58. The van der Waals surface area contributed by atoms with E-state index in [4.69, 9.17) is 21.1 Å². The van der Waals surface area contributed by atoms with Crippen LogP contribution in [0.4, 0.5) is 0 Å². The van der Waals surface area contributed by atoms with Crippen molar-refractivity contribution in [3.8, 4) is 5.75 Å². The first-order chi connectivity index (χ1) is 9.24. The normalized spacial score (nSPS) is 9.95. The van der Waals surface area contributed by atoms with Gasteiger partial charge in [0.25, 0.3) is 0 Å². The van der Waals surface area contributed by atoms with Crippen molar-refractivity contribution >= 4 is 17.6 Å². The van der Waals surface area contributed by atoms with Crippen LogP contribution in [0.2, 0.25) is 5.02 Å². The van der Waals surface area contributed by atoms with Crippen LogP contribution in [0.15, 0.2) is 54.6 Å². The summed E-state index contributed by atoms with van der Waals surface area (Å²) in [6, 6.07) is 16.3. The summed E-state index contributed by atoms with van der Waals surface area (Å²) in [5, 5.41) is 0.624. The van der Waals surface area contributed by atoms with E-state index in [0.29, 0.717) is 10.8 Å². The number of hydrogen-bond donors (Lipinski definition) is 0. The molecule has 0 heterocycles. The molecule has 0 aliphatic carbocycles. The number of hydrogen-bond acceptors (Lipinski definition) is 3. The Hall–Kier alpha value is -2.00. The predicted octanol–water partition coefficient (Wildman–Crippen LogP) is 3.46. The lowest BCUT2D eigenvalue weighted by Crippen LogP contribution is -2.14. The molecule has 0 N–H and O–H groups in total. The van der Waals surface area contributed by atoms with Gasteiger partial charge in [0.05, 0.1) is 0 Å². The SMILES string of the molecule is O=C(COc1ccc(Cl)cc1)OCc1ccccc1. The Labute approximate surface area is 116 Å². The number of rotatable bonds is 5. The lowest BCUT2D eigenvalue weighted by molar-refractivity contribution is -0.147. The van der Waals surface area contributed by atoms with E-state index in [1.165, 1.54) is 0 Å². The lowest BCUT2D eigenvalue weighted by atomic mass is 10.2. The molecule has 0 atom stereocenters. The van der Waals surface area contributed by atoms with Crippen molar-refractivity contribution < 1.29 is 14.3 Å². The van der Waals surface area contributed by atoms with E-state index in [1.807, 2.05) is 30.3 Å². The molecule has 0 amide bonds. The second-order valence-electron chi connectivity index (χ2n) is 3.89. The monoisotopic (exact) mass is 276 g/mol. The van der Waals surface area contributed by atoms with E-state index in [9.17, 15) is 4.79 Å². The third-order valence-corrected chi connectivity index (χ3v) is 2.66. The summed E-state index contributed by atoms with van der Waals surface area (Å²) in [6.45, 7) is 0.137. The van der Waals surface area contributed by atoms with Gasteiger partial charge in [-0.25, -0.2) is 4.79 Å². The van der Waals surface area contributed by atoms with E-state index in [-0.39, 0.29) is 13.2 Å². The molecule has 2 aromatic rings. The van der Waals surface area contributed by atoms with Gasteiger partial charge in [-0.2, -0.15) is 0 Å².